The van der Waals surface area contributed by atoms with Crippen molar-refractivity contribution >= 4 is 17.3 Å². The van der Waals surface area contributed by atoms with Gasteiger partial charge in [-0.2, -0.15) is 0 Å². The van der Waals surface area contributed by atoms with Gasteiger partial charge in [0.25, 0.3) is 0 Å². The predicted octanol–water partition coefficient (Wildman–Crippen LogP) is 3.05. The first-order valence-electron chi connectivity index (χ1n) is 7.46. The number of nitrogens with one attached hydrogen (secondary N) is 1. The minimum atomic E-state index is -0.350. The Labute approximate surface area is 119 Å². The molecule has 0 radical (unpaired) electrons. The van der Waals surface area contributed by atoms with E-state index in [1.807, 2.05) is 12.1 Å². The Kier molecular flexibility index (Phi) is 3.32. The third-order valence-corrected chi connectivity index (χ3v) is 4.57. The second-order valence-electron chi connectivity index (χ2n) is 5.98. The van der Waals surface area contributed by atoms with Crippen molar-refractivity contribution < 1.29 is 9.53 Å². The summed E-state index contributed by atoms with van der Waals surface area (Å²) in [5, 5.41) is 3.44. The lowest BCUT2D eigenvalue weighted by atomic mass is 10.0. The predicted molar refractivity (Wildman–Crippen MR) is 79.7 cm³/mol. The van der Waals surface area contributed by atoms with E-state index in [0.29, 0.717) is 23.3 Å². The molecule has 0 heterocycles. The number of nitrogens with two attached hydrogens (primary N) is 1. The first-order chi connectivity index (χ1) is 9.66. The number of esters is 1. The van der Waals surface area contributed by atoms with Gasteiger partial charge in [-0.25, -0.2) is 4.79 Å². The van der Waals surface area contributed by atoms with Crippen LogP contribution in [0, 0.1) is 11.3 Å². The van der Waals surface area contributed by atoms with Crippen LogP contribution in [0.4, 0.5) is 11.4 Å². The number of carbonyl (C=O) groups is 1. The summed E-state index contributed by atoms with van der Waals surface area (Å²) in [5.41, 5.74) is 8.40. The molecule has 0 aliphatic heterocycles. The van der Waals surface area contributed by atoms with E-state index in [4.69, 9.17) is 10.5 Å². The molecule has 0 aromatic heterocycles. The molecule has 1 aromatic carbocycles. The third kappa shape index (κ3) is 2.47. The molecule has 4 heteroatoms. The molecule has 2 fully saturated rings. The average Bonchev–Trinajstić information content (AvgIpc) is 3.29. The highest BCUT2D eigenvalue weighted by Crippen LogP contribution is 2.61. The molecule has 0 bridgehead atoms. The molecule has 0 amide bonds. The molecule has 108 valence electrons. The van der Waals surface area contributed by atoms with Crippen LogP contribution in [-0.4, -0.2) is 19.1 Å². The second kappa shape index (κ2) is 5.00. The zero-order chi connectivity index (χ0) is 14.2. The van der Waals surface area contributed by atoms with E-state index in [2.05, 4.69) is 5.32 Å². The van der Waals surface area contributed by atoms with Crippen LogP contribution in [0.25, 0.3) is 0 Å². The minimum absolute atomic E-state index is 0.350. The molecule has 0 spiro atoms. The Hall–Kier alpha value is -1.71. The number of rotatable bonds is 6. The summed E-state index contributed by atoms with van der Waals surface area (Å²) in [6.07, 6.45) is 5.39. The molecule has 3 N–H and O–H groups in total. The van der Waals surface area contributed by atoms with Crippen molar-refractivity contribution in [3.05, 3.63) is 23.8 Å². The standard InChI is InChI=1S/C16H22N2O2/c1-2-20-15(19)12-4-3-5-13(14(12)17)18-10-16(8-9-16)11-6-7-11/h3-5,11,18H,2,6-10,17H2,1H3. The highest BCUT2D eigenvalue weighted by atomic mass is 16.5. The summed E-state index contributed by atoms with van der Waals surface area (Å²) in [6.45, 7) is 3.12. The van der Waals surface area contributed by atoms with Crippen LogP contribution in [0.2, 0.25) is 0 Å². The van der Waals surface area contributed by atoms with E-state index in [1.165, 1.54) is 25.7 Å². The topological polar surface area (TPSA) is 64.3 Å². The van der Waals surface area contributed by atoms with Gasteiger partial charge in [0.2, 0.25) is 0 Å². The molecular weight excluding hydrogens is 252 g/mol. The summed E-state index contributed by atoms with van der Waals surface area (Å²) in [5.74, 6) is 0.557. The maximum absolute atomic E-state index is 11.8. The van der Waals surface area contributed by atoms with E-state index in [0.717, 1.165) is 18.2 Å². The summed E-state index contributed by atoms with van der Waals surface area (Å²) in [6, 6.07) is 5.50. The largest absolute Gasteiger partial charge is 0.462 e. The highest BCUT2D eigenvalue weighted by molar-refractivity contribution is 5.98. The Bertz CT molecular complexity index is 519. The number of hydrogen-bond donors (Lipinski definition) is 2. The molecule has 20 heavy (non-hydrogen) atoms. The molecule has 0 saturated heterocycles. The number of hydrogen-bond acceptors (Lipinski definition) is 4. The van der Waals surface area contributed by atoms with Crippen molar-refractivity contribution in [2.75, 3.05) is 24.2 Å². The van der Waals surface area contributed by atoms with Crippen molar-refractivity contribution in [3.63, 3.8) is 0 Å². The van der Waals surface area contributed by atoms with Gasteiger partial charge in [-0.1, -0.05) is 6.07 Å². The van der Waals surface area contributed by atoms with Gasteiger partial charge in [0.15, 0.2) is 0 Å². The van der Waals surface area contributed by atoms with Crippen molar-refractivity contribution in [1.82, 2.24) is 0 Å². The second-order valence-corrected chi connectivity index (χ2v) is 5.98. The van der Waals surface area contributed by atoms with Crippen molar-refractivity contribution in [2.45, 2.75) is 32.6 Å². The molecule has 3 rings (SSSR count). The Morgan fingerprint density at radius 2 is 2.20 bits per heavy atom. The quantitative estimate of drug-likeness (QED) is 0.618. The van der Waals surface area contributed by atoms with Crippen LogP contribution in [-0.2, 0) is 4.74 Å². The van der Waals surface area contributed by atoms with Crippen LogP contribution in [0.1, 0.15) is 43.0 Å². The van der Waals surface area contributed by atoms with E-state index in [9.17, 15) is 4.79 Å². The van der Waals surface area contributed by atoms with Gasteiger partial charge in [0.1, 0.15) is 0 Å². The lowest BCUT2D eigenvalue weighted by Crippen LogP contribution is -2.19. The number of ether oxygens (including phenoxy) is 1. The fourth-order valence-electron chi connectivity index (χ4n) is 2.96. The number of anilines is 2. The average molecular weight is 274 g/mol. The maximum atomic E-state index is 11.8. The van der Waals surface area contributed by atoms with Gasteiger partial charge >= 0.3 is 5.97 Å². The molecule has 1 aromatic rings. The van der Waals surface area contributed by atoms with E-state index in [1.54, 1.807) is 13.0 Å². The SMILES string of the molecule is CCOC(=O)c1cccc(NCC2(C3CC3)CC2)c1N. The van der Waals surface area contributed by atoms with Crippen LogP contribution >= 0.6 is 0 Å². The van der Waals surface area contributed by atoms with E-state index in [-0.39, 0.29) is 5.97 Å². The number of para-hydroxylation sites is 1. The summed E-state index contributed by atoms with van der Waals surface area (Å²) < 4.78 is 5.02. The molecule has 2 saturated carbocycles. The van der Waals surface area contributed by atoms with Gasteiger partial charge < -0.3 is 15.8 Å². The molecule has 0 unspecified atom stereocenters. The Morgan fingerprint density at radius 1 is 1.45 bits per heavy atom. The number of benzene rings is 1. The third-order valence-electron chi connectivity index (χ3n) is 4.57. The van der Waals surface area contributed by atoms with Crippen LogP contribution in [0.5, 0.6) is 0 Å². The summed E-state index contributed by atoms with van der Waals surface area (Å²) in [7, 11) is 0. The van der Waals surface area contributed by atoms with Gasteiger partial charge in [-0.15, -0.1) is 0 Å². The van der Waals surface area contributed by atoms with E-state index < -0.39 is 0 Å². The Morgan fingerprint density at radius 3 is 2.80 bits per heavy atom. The Balaban J connectivity index is 1.70. The lowest BCUT2D eigenvalue weighted by molar-refractivity contribution is 0.0527. The van der Waals surface area contributed by atoms with Crippen LogP contribution in [0.15, 0.2) is 18.2 Å². The van der Waals surface area contributed by atoms with Crippen LogP contribution < -0.4 is 11.1 Å². The zero-order valence-electron chi connectivity index (χ0n) is 11.9. The maximum Gasteiger partial charge on any atom is 0.340 e. The zero-order valence-corrected chi connectivity index (χ0v) is 11.9. The fraction of sp³-hybridized carbons (Fsp3) is 0.562. The molecule has 4 nitrogen and oxygen atoms in total. The van der Waals surface area contributed by atoms with Crippen molar-refractivity contribution in [2.24, 2.45) is 11.3 Å². The monoisotopic (exact) mass is 274 g/mol. The molecule has 0 atom stereocenters. The van der Waals surface area contributed by atoms with Crippen molar-refractivity contribution in [1.29, 1.82) is 0 Å². The van der Waals surface area contributed by atoms with Gasteiger partial charge in [0, 0.05) is 6.54 Å². The normalized spacial score (nSPS) is 19.4. The molecule has 2 aliphatic rings. The molecular formula is C16H22N2O2. The number of nitrogen functional groups attached to an aromatic ring is 1. The fourth-order valence-corrected chi connectivity index (χ4v) is 2.96. The highest BCUT2D eigenvalue weighted by Gasteiger charge is 2.53. The number of carbonyl (C=O) groups excluding carboxylic acids is 1. The van der Waals surface area contributed by atoms with Crippen molar-refractivity contribution in [3.8, 4) is 0 Å². The van der Waals surface area contributed by atoms with Gasteiger partial charge in [0.05, 0.1) is 23.5 Å². The van der Waals surface area contributed by atoms with E-state index >= 15 is 0 Å². The first-order valence-corrected chi connectivity index (χ1v) is 7.46. The first kappa shape index (κ1) is 13.3. The molecule has 2 aliphatic carbocycles. The summed E-state index contributed by atoms with van der Waals surface area (Å²) >= 11 is 0. The van der Waals surface area contributed by atoms with Crippen LogP contribution in [0.3, 0.4) is 0 Å². The van der Waals surface area contributed by atoms with Gasteiger partial charge in [-0.05, 0) is 56.1 Å². The smallest absolute Gasteiger partial charge is 0.340 e. The van der Waals surface area contributed by atoms with Gasteiger partial charge in [-0.3, -0.25) is 0 Å². The lowest BCUT2D eigenvalue weighted by Gasteiger charge is -2.18. The minimum Gasteiger partial charge on any atom is -0.462 e. The summed E-state index contributed by atoms with van der Waals surface area (Å²) in [4.78, 5) is 11.8.